The fourth-order valence-corrected chi connectivity index (χ4v) is 2.34. The van der Waals surface area contributed by atoms with Crippen molar-refractivity contribution in [2.45, 2.75) is 13.2 Å². The van der Waals surface area contributed by atoms with Crippen LogP contribution in [0.3, 0.4) is 0 Å². The highest BCUT2D eigenvalue weighted by Gasteiger charge is 2.07. The van der Waals surface area contributed by atoms with E-state index in [1.54, 1.807) is 31.8 Å². The smallest absolute Gasteiger partial charge is 0.162 e. The number of ether oxygens (including phenoxy) is 3. The molecule has 0 aliphatic carbocycles. The van der Waals surface area contributed by atoms with Crippen molar-refractivity contribution in [1.29, 1.82) is 0 Å². The van der Waals surface area contributed by atoms with Gasteiger partial charge in [-0.15, -0.1) is 11.3 Å². The Kier molecular flexibility index (Phi) is 6.46. The van der Waals surface area contributed by atoms with Crippen molar-refractivity contribution in [3.63, 3.8) is 0 Å². The molecule has 1 aromatic carbocycles. The highest BCUT2D eigenvalue weighted by Crippen LogP contribution is 2.29. The number of rotatable bonds is 9. The number of nitrogens with one attached hydrogen (secondary N) is 1. The monoisotopic (exact) mass is 308 g/mol. The van der Waals surface area contributed by atoms with E-state index in [1.807, 2.05) is 23.6 Å². The second kappa shape index (κ2) is 8.61. The van der Waals surface area contributed by atoms with Crippen LogP contribution < -0.4 is 14.8 Å². The summed E-state index contributed by atoms with van der Waals surface area (Å²) in [6.07, 6.45) is 1.77. The molecule has 0 fully saturated rings. The molecule has 21 heavy (non-hydrogen) atoms. The molecule has 0 spiro atoms. The number of hydrogen-bond acceptors (Lipinski definition) is 6. The molecule has 0 unspecified atom stereocenters. The largest absolute Gasteiger partial charge is 0.493 e. The van der Waals surface area contributed by atoms with Gasteiger partial charge in [0.2, 0.25) is 0 Å². The van der Waals surface area contributed by atoms with Gasteiger partial charge in [0.25, 0.3) is 0 Å². The lowest BCUT2D eigenvalue weighted by molar-refractivity contribution is 0.199. The molecule has 0 atom stereocenters. The zero-order chi connectivity index (χ0) is 14.9. The van der Waals surface area contributed by atoms with Crippen molar-refractivity contribution in [3.8, 4) is 11.5 Å². The zero-order valence-electron chi connectivity index (χ0n) is 12.3. The van der Waals surface area contributed by atoms with E-state index in [4.69, 9.17) is 14.2 Å². The van der Waals surface area contributed by atoms with E-state index in [0.29, 0.717) is 13.2 Å². The topological polar surface area (TPSA) is 52.6 Å². The summed E-state index contributed by atoms with van der Waals surface area (Å²) >= 11 is 1.58. The number of thiazole rings is 1. The van der Waals surface area contributed by atoms with Crippen LogP contribution in [0.4, 0.5) is 0 Å². The lowest BCUT2D eigenvalue weighted by Crippen LogP contribution is -2.18. The Morgan fingerprint density at radius 3 is 2.86 bits per heavy atom. The Bertz CT molecular complexity index is 532. The van der Waals surface area contributed by atoms with Crippen molar-refractivity contribution in [1.82, 2.24) is 10.3 Å². The highest BCUT2D eigenvalue weighted by molar-refractivity contribution is 7.09. The van der Waals surface area contributed by atoms with Crippen LogP contribution in [0, 0.1) is 0 Å². The van der Waals surface area contributed by atoms with Crippen LogP contribution in [0.25, 0.3) is 0 Å². The lowest BCUT2D eigenvalue weighted by Gasteiger charge is -2.12. The zero-order valence-corrected chi connectivity index (χ0v) is 13.1. The number of aromatic nitrogens is 1. The Labute approximate surface area is 128 Å². The van der Waals surface area contributed by atoms with Crippen molar-refractivity contribution < 1.29 is 14.2 Å². The Morgan fingerprint density at radius 2 is 2.14 bits per heavy atom. The number of benzene rings is 1. The minimum atomic E-state index is 0.453. The predicted octanol–water partition coefficient (Wildman–Crippen LogP) is 2.47. The van der Waals surface area contributed by atoms with Crippen molar-refractivity contribution in [3.05, 3.63) is 40.3 Å². The van der Waals surface area contributed by atoms with Crippen LogP contribution in [0.2, 0.25) is 0 Å². The first-order valence-corrected chi connectivity index (χ1v) is 7.59. The molecular weight excluding hydrogens is 288 g/mol. The van der Waals surface area contributed by atoms with E-state index < -0.39 is 0 Å². The summed E-state index contributed by atoms with van der Waals surface area (Å²) in [4.78, 5) is 4.21. The highest BCUT2D eigenvalue weighted by atomic mass is 32.1. The van der Waals surface area contributed by atoms with Gasteiger partial charge in [-0.2, -0.15) is 0 Å². The summed E-state index contributed by atoms with van der Waals surface area (Å²) in [6, 6.07) is 5.94. The molecule has 0 saturated heterocycles. The van der Waals surface area contributed by atoms with Gasteiger partial charge in [0.05, 0.1) is 13.7 Å². The van der Waals surface area contributed by atoms with E-state index in [0.717, 1.165) is 35.2 Å². The van der Waals surface area contributed by atoms with Crippen LogP contribution in [-0.2, 0) is 17.9 Å². The summed E-state index contributed by atoms with van der Waals surface area (Å²) < 4.78 is 16.1. The molecule has 1 heterocycles. The Hall–Kier alpha value is -1.63. The first-order chi connectivity index (χ1) is 10.3. The summed E-state index contributed by atoms with van der Waals surface area (Å²) in [5, 5.41) is 6.19. The van der Waals surface area contributed by atoms with E-state index in [1.165, 1.54) is 0 Å². The normalized spacial score (nSPS) is 10.6. The molecule has 0 saturated carbocycles. The lowest BCUT2D eigenvalue weighted by atomic mass is 10.2. The molecule has 2 rings (SSSR count). The molecule has 1 aromatic heterocycles. The van der Waals surface area contributed by atoms with Gasteiger partial charge in [-0.3, -0.25) is 0 Å². The number of hydrogen-bond donors (Lipinski definition) is 1. The van der Waals surface area contributed by atoms with Gasteiger partial charge in [-0.1, -0.05) is 6.07 Å². The van der Waals surface area contributed by atoms with Gasteiger partial charge < -0.3 is 19.5 Å². The second-order valence-corrected chi connectivity index (χ2v) is 5.35. The molecule has 0 bridgehead atoms. The van der Waals surface area contributed by atoms with E-state index in [-0.39, 0.29) is 0 Å². The predicted molar refractivity (Wildman–Crippen MR) is 83.0 cm³/mol. The van der Waals surface area contributed by atoms with Gasteiger partial charge in [0.1, 0.15) is 11.6 Å². The molecule has 0 aliphatic heterocycles. The summed E-state index contributed by atoms with van der Waals surface area (Å²) in [6.45, 7) is 2.73. The SMILES string of the molecule is COCCNCc1ccc(OC)c(OCc2nccs2)c1. The van der Waals surface area contributed by atoms with E-state index in [2.05, 4.69) is 10.3 Å². The van der Waals surface area contributed by atoms with Crippen LogP contribution in [-0.4, -0.2) is 32.4 Å². The molecule has 0 radical (unpaired) electrons. The Morgan fingerprint density at radius 1 is 1.24 bits per heavy atom. The molecule has 5 nitrogen and oxygen atoms in total. The third-order valence-electron chi connectivity index (χ3n) is 2.87. The van der Waals surface area contributed by atoms with Gasteiger partial charge in [0.15, 0.2) is 11.5 Å². The maximum absolute atomic E-state index is 5.81. The quantitative estimate of drug-likeness (QED) is 0.721. The van der Waals surface area contributed by atoms with E-state index in [9.17, 15) is 0 Å². The van der Waals surface area contributed by atoms with Crippen LogP contribution in [0.15, 0.2) is 29.8 Å². The minimum absolute atomic E-state index is 0.453. The van der Waals surface area contributed by atoms with Gasteiger partial charge in [-0.25, -0.2) is 4.98 Å². The maximum atomic E-state index is 5.81. The molecule has 114 valence electrons. The third-order valence-corrected chi connectivity index (χ3v) is 3.63. The standard InChI is InChI=1S/C15H20N2O3S/c1-18-7-5-16-10-12-3-4-13(19-2)14(9-12)20-11-15-17-6-8-21-15/h3-4,6,8-9,16H,5,7,10-11H2,1-2H3. The molecule has 6 heteroatoms. The van der Waals surface area contributed by atoms with Crippen molar-refractivity contribution >= 4 is 11.3 Å². The van der Waals surface area contributed by atoms with Crippen molar-refractivity contribution in [2.24, 2.45) is 0 Å². The first-order valence-electron chi connectivity index (χ1n) is 6.71. The minimum Gasteiger partial charge on any atom is -0.493 e. The first kappa shape index (κ1) is 15.8. The van der Waals surface area contributed by atoms with Crippen LogP contribution in [0.5, 0.6) is 11.5 Å². The molecule has 0 amide bonds. The van der Waals surface area contributed by atoms with Crippen LogP contribution >= 0.6 is 11.3 Å². The van der Waals surface area contributed by atoms with Crippen molar-refractivity contribution in [2.75, 3.05) is 27.4 Å². The van der Waals surface area contributed by atoms with E-state index >= 15 is 0 Å². The average Bonchev–Trinajstić information content (AvgIpc) is 3.03. The maximum Gasteiger partial charge on any atom is 0.162 e. The summed E-state index contributed by atoms with van der Waals surface area (Å²) in [5.41, 5.74) is 1.14. The van der Waals surface area contributed by atoms with Gasteiger partial charge >= 0.3 is 0 Å². The van der Waals surface area contributed by atoms with Gasteiger partial charge in [0, 0.05) is 31.8 Å². The molecule has 1 N–H and O–H groups in total. The molecular formula is C15H20N2O3S. The molecule has 2 aromatic rings. The average molecular weight is 308 g/mol. The van der Waals surface area contributed by atoms with Crippen LogP contribution in [0.1, 0.15) is 10.6 Å². The fraction of sp³-hybridized carbons (Fsp3) is 0.400. The third kappa shape index (κ3) is 5.00. The molecule has 0 aliphatic rings. The Balaban J connectivity index is 1.96. The second-order valence-electron chi connectivity index (χ2n) is 4.37. The fourth-order valence-electron chi connectivity index (χ4n) is 1.81. The number of methoxy groups -OCH3 is 2. The van der Waals surface area contributed by atoms with Gasteiger partial charge in [-0.05, 0) is 17.7 Å². The summed E-state index contributed by atoms with van der Waals surface area (Å²) in [5.74, 6) is 1.46. The number of nitrogens with zero attached hydrogens (tertiary/aromatic N) is 1. The summed E-state index contributed by atoms with van der Waals surface area (Å²) in [7, 11) is 3.34.